The molecule has 0 fully saturated rings. The number of nitrogens with two attached hydrogens (primary N) is 1. The summed E-state index contributed by atoms with van der Waals surface area (Å²) in [6, 6.07) is 4.70. The van der Waals surface area contributed by atoms with Gasteiger partial charge >= 0.3 is 0 Å². The van der Waals surface area contributed by atoms with Gasteiger partial charge in [-0.1, -0.05) is 0 Å². The van der Waals surface area contributed by atoms with E-state index < -0.39 is 0 Å². The van der Waals surface area contributed by atoms with E-state index in [0.29, 0.717) is 11.4 Å². The Hall–Kier alpha value is -1.38. The highest BCUT2D eigenvalue weighted by Gasteiger charge is 1.99. The molecule has 59 valence electrons. The third-order valence-corrected chi connectivity index (χ3v) is 1.24. The maximum Gasteiger partial charge on any atom is 0.161 e. The second-order valence-corrected chi connectivity index (χ2v) is 2.08. The Kier molecular flexibility index (Phi) is 2.21. The van der Waals surface area contributed by atoms with Gasteiger partial charge < -0.3 is 15.6 Å². The summed E-state index contributed by atoms with van der Waals surface area (Å²) in [5.41, 5.74) is 5.91. The Balaban J connectivity index is 2.90. The Bertz CT molecular complexity index is 248. The highest BCUT2D eigenvalue weighted by atomic mass is 16.5. The molecule has 1 rings (SSSR count). The number of hydrogen-bond acceptors (Lipinski definition) is 3. The summed E-state index contributed by atoms with van der Waals surface area (Å²) in [7, 11) is 0. The maximum absolute atomic E-state index is 9.19. The zero-order valence-electron chi connectivity index (χ0n) is 6.08. The molecule has 0 saturated carbocycles. The number of benzene rings is 1. The summed E-state index contributed by atoms with van der Waals surface area (Å²) < 4.78 is 4.97. The van der Waals surface area contributed by atoms with Gasteiger partial charge in [-0.3, -0.25) is 0 Å². The molecule has 0 aliphatic heterocycles. The first kappa shape index (κ1) is 7.72. The summed E-state index contributed by atoms with van der Waals surface area (Å²) in [6.45, 7) is 3.77. The van der Waals surface area contributed by atoms with E-state index in [1.807, 2.05) is 0 Å². The Morgan fingerprint density at radius 2 is 2.27 bits per heavy atom. The van der Waals surface area contributed by atoms with Crippen molar-refractivity contribution in [1.82, 2.24) is 0 Å². The molecule has 3 nitrogen and oxygen atoms in total. The van der Waals surface area contributed by atoms with Gasteiger partial charge in [-0.2, -0.15) is 0 Å². The van der Waals surface area contributed by atoms with E-state index >= 15 is 0 Å². The maximum atomic E-state index is 9.19. The predicted octanol–water partition coefficient (Wildman–Crippen LogP) is 1.19. The average molecular weight is 152 g/mol. The minimum atomic E-state index is 0.0497. The molecular formula is C8H10NO2. The molecule has 0 aliphatic carbocycles. The van der Waals surface area contributed by atoms with Crippen molar-refractivity contribution in [2.45, 2.75) is 0 Å². The predicted molar refractivity (Wildman–Crippen MR) is 43.4 cm³/mol. The lowest BCUT2D eigenvalue weighted by Crippen LogP contribution is -1.92. The Morgan fingerprint density at radius 3 is 2.82 bits per heavy atom. The van der Waals surface area contributed by atoms with Crippen molar-refractivity contribution >= 4 is 5.69 Å². The zero-order chi connectivity index (χ0) is 8.27. The molecule has 0 atom stereocenters. The quantitative estimate of drug-likeness (QED) is 0.626. The van der Waals surface area contributed by atoms with Crippen molar-refractivity contribution in [2.24, 2.45) is 0 Å². The fourth-order valence-electron chi connectivity index (χ4n) is 0.766. The third kappa shape index (κ3) is 1.77. The van der Waals surface area contributed by atoms with E-state index in [1.54, 1.807) is 12.1 Å². The normalized spacial score (nSPS) is 9.55. The number of aromatic hydroxyl groups is 1. The molecule has 0 heterocycles. The van der Waals surface area contributed by atoms with Gasteiger partial charge in [0.2, 0.25) is 0 Å². The number of phenolic OH excluding ortho intramolecular Hbond substituents is 1. The Morgan fingerprint density at radius 1 is 1.55 bits per heavy atom. The first-order valence-electron chi connectivity index (χ1n) is 3.24. The number of hydrogen-bond donors (Lipinski definition) is 2. The van der Waals surface area contributed by atoms with E-state index in [1.165, 1.54) is 6.07 Å². The summed E-state index contributed by atoms with van der Waals surface area (Å²) >= 11 is 0. The van der Waals surface area contributed by atoms with Gasteiger partial charge in [-0.15, -0.1) is 0 Å². The Labute approximate surface area is 65.4 Å². The molecule has 0 aliphatic rings. The van der Waals surface area contributed by atoms with E-state index in [0.717, 1.165) is 0 Å². The molecule has 1 radical (unpaired) electrons. The van der Waals surface area contributed by atoms with Crippen LogP contribution in [0.2, 0.25) is 0 Å². The van der Waals surface area contributed by atoms with Crippen molar-refractivity contribution in [3.8, 4) is 11.5 Å². The molecule has 0 unspecified atom stereocenters. The van der Waals surface area contributed by atoms with Gasteiger partial charge in [-0.05, 0) is 19.1 Å². The van der Waals surface area contributed by atoms with Crippen molar-refractivity contribution in [1.29, 1.82) is 0 Å². The highest BCUT2D eigenvalue weighted by Crippen LogP contribution is 2.27. The summed E-state index contributed by atoms with van der Waals surface area (Å²) in [5, 5.41) is 9.19. The van der Waals surface area contributed by atoms with Crippen LogP contribution in [0.4, 0.5) is 5.69 Å². The minimum Gasteiger partial charge on any atom is -0.504 e. The fourth-order valence-corrected chi connectivity index (χ4v) is 0.766. The second-order valence-electron chi connectivity index (χ2n) is 2.08. The fraction of sp³-hybridized carbons (Fsp3) is 0.125. The zero-order valence-corrected chi connectivity index (χ0v) is 6.08. The molecule has 3 N–H and O–H groups in total. The van der Waals surface area contributed by atoms with Crippen LogP contribution in [0, 0.1) is 6.92 Å². The third-order valence-electron chi connectivity index (χ3n) is 1.24. The standard InChI is InChI=1S/C8H10NO2/c1-2-11-8-4-3-6(9)5-7(8)10/h3-5,10H,1-2,9H2. The van der Waals surface area contributed by atoms with Crippen LogP contribution in [-0.2, 0) is 0 Å². The van der Waals surface area contributed by atoms with Crippen molar-refractivity contribution in [3.63, 3.8) is 0 Å². The summed E-state index contributed by atoms with van der Waals surface area (Å²) in [5.74, 6) is 0.461. The van der Waals surface area contributed by atoms with Crippen molar-refractivity contribution in [3.05, 3.63) is 25.1 Å². The van der Waals surface area contributed by atoms with E-state index in [-0.39, 0.29) is 12.4 Å². The SMILES string of the molecule is [CH2]COc1ccc(N)cc1O. The van der Waals surface area contributed by atoms with Gasteiger partial charge in [0.05, 0.1) is 6.61 Å². The largest absolute Gasteiger partial charge is 0.504 e. The minimum absolute atomic E-state index is 0.0497. The molecule has 1 aromatic rings. The van der Waals surface area contributed by atoms with Gasteiger partial charge in [0.15, 0.2) is 11.5 Å². The van der Waals surface area contributed by atoms with Gasteiger partial charge in [0.25, 0.3) is 0 Å². The van der Waals surface area contributed by atoms with Crippen LogP contribution in [0.15, 0.2) is 18.2 Å². The molecule has 0 saturated heterocycles. The lowest BCUT2D eigenvalue weighted by Gasteiger charge is -2.04. The average Bonchev–Trinajstić information content (AvgIpc) is 1.95. The summed E-state index contributed by atoms with van der Waals surface area (Å²) in [4.78, 5) is 0. The number of phenols is 1. The van der Waals surface area contributed by atoms with Crippen LogP contribution in [0.25, 0.3) is 0 Å². The first-order chi connectivity index (χ1) is 5.24. The van der Waals surface area contributed by atoms with Gasteiger partial charge in [-0.25, -0.2) is 0 Å². The van der Waals surface area contributed by atoms with Crippen LogP contribution in [0.5, 0.6) is 11.5 Å². The van der Waals surface area contributed by atoms with Gasteiger partial charge in [0, 0.05) is 11.8 Å². The summed E-state index contributed by atoms with van der Waals surface area (Å²) in [6.07, 6.45) is 0. The molecule has 0 aromatic heterocycles. The highest BCUT2D eigenvalue weighted by molar-refractivity contribution is 5.51. The van der Waals surface area contributed by atoms with Crippen molar-refractivity contribution in [2.75, 3.05) is 12.3 Å². The van der Waals surface area contributed by atoms with Crippen LogP contribution in [0.1, 0.15) is 0 Å². The van der Waals surface area contributed by atoms with E-state index in [9.17, 15) is 5.11 Å². The van der Waals surface area contributed by atoms with Gasteiger partial charge in [0.1, 0.15) is 0 Å². The topological polar surface area (TPSA) is 55.5 Å². The van der Waals surface area contributed by atoms with Crippen LogP contribution in [0.3, 0.4) is 0 Å². The number of ether oxygens (including phenoxy) is 1. The first-order valence-corrected chi connectivity index (χ1v) is 3.24. The molecule has 0 amide bonds. The van der Waals surface area contributed by atoms with E-state index in [4.69, 9.17) is 10.5 Å². The van der Waals surface area contributed by atoms with Crippen LogP contribution in [-0.4, -0.2) is 11.7 Å². The molecule has 11 heavy (non-hydrogen) atoms. The monoisotopic (exact) mass is 152 g/mol. The molecule has 3 heteroatoms. The molecular weight excluding hydrogens is 142 g/mol. The molecule has 0 bridgehead atoms. The lowest BCUT2D eigenvalue weighted by molar-refractivity contribution is 0.335. The number of rotatable bonds is 2. The lowest BCUT2D eigenvalue weighted by atomic mass is 10.3. The van der Waals surface area contributed by atoms with Crippen LogP contribution >= 0.6 is 0 Å². The smallest absolute Gasteiger partial charge is 0.161 e. The molecule has 0 spiro atoms. The second kappa shape index (κ2) is 3.14. The number of anilines is 1. The van der Waals surface area contributed by atoms with E-state index in [2.05, 4.69) is 6.92 Å². The number of nitrogen functional groups attached to an aromatic ring is 1. The van der Waals surface area contributed by atoms with Crippen LogP contribution < -0.4 is 10.5 Å². The molecule has 1 aromatic carbocycles. The van der Waals surface area contributed by atoms with Crippen molar-refractivity contribution < 1.29 is 9.84 Å².